The van der Waals surface area contributed by atoms with Gasteiger partial charge in [0.1, 0.15) is 0 Å². The lowest BCUT2D eigenvalue weighted by atomic mass is 10.2. The molecular formula is C27H27BrN6O4S2. The molecule has 40 heavy (non-hydrogen) atoms. The highest BCUT2D eigenvalue weighted by molar-refractivity contribution is 9.10. The fourth-order valence-electron chi connectivity index (χ4n) is 3.66. The largest absolute Gasteiger partial charge is 0.345 e. The maximum Gasteiger partial charge on any atom is 0.251 e. The van der Waals surface area contributed by atoms with Crippen LogP contribution < -0.4 is 10.6 Å². The van der Waals surface area contributed by atoms with Crippen LogP contribution in [0.15, 0.2) is 87.3 Å². The third-order valence-corrected chi connectivity index (χ3v) is 9.01. The summed E-state index contributed by atoms with van der Waals surface area (Å²) in [6.45, 7) is 2.01. The Morgan fingerprint density at radius 3 is 2.35 bits per heavy atom. The molecule has 0 atom stereocenters. The summed E-state index contributed by atoms with van der Waals surface area (Å²) in [6.07, 6.45) is 0. The first-order valence-corrected chi connectivity index (χ1v) is 15.3. The lowest BCUT2D eigenvalue weighted by molar-refractivity contribution is -0.113. The van der Waals surface area contributed by atoms with Crippen LogP contribution in [0.2, 0.25) is 0 Å². The summed E-state index contributed by atoms with van der Waals surface area (Å²) < 4.78 is 28.4. The molecule has 0 saturated heterocycles. The zero-order valence-corrected chi connectivity index (χ0v) is 25.2. The molecule has 4 rings (SSSR count). The number of anilines is 1. The van der Waals surface area contributed by atoms with Gasteiger partial charge in [0.25, 0.3) is 5.91 Å². The summed E-state index contributed by atoms with van der Waals surface area (Å²) in [6, 6.07) is 20.8. The molecule has 0 aliphatic heterocycles. The molecule has 0 bridgehead atoms. The van der Waals surface area contributed by atoms with Crippen molar-refractivity contribution in [1.29, 1.82) is 0 Å². The van der Waals surface area contributed by atoms with Gasteiger partial charge in [-0.05, 0) is 73.2 Å². The van der Waals surface area contributed by atoms with Gasteiger partial charge in [-0.15, -0.1) is 10.2 Å². The van der Waals surface area contributed by atoms with Crippen LogP contribution in [-0.4, -0.2) is 59.2 Å². The van der Waals surface area contributed by atoms with Crippen LogP contribution in [0.5, 0.6) is 0 Å². The number of sulfonamides is 1. The van der Waals surface area contributed by atoms with Gasteiger partial charge in [-0.2, -0.15) is 0 Å². The van der Waals surface area contributed by atoms with E-state index >= 15 is 0 Å². The van der Waals surface area contributed by atoms with Crippen molar-refractivity contribution in [2.45, 2.75) is 23.5 Å². The smallest absolute Gasteiger partial charge is 0.251 e. The number of rotatable bonds is 10. The van der Waals surface area contributed by atoms with Crippen molar-refractivity contribution in [3.8, 4) is 5.69 Å². The molecule has 2 N–H and O–H groups in total. The van der Waals surface area contributed by atoms with E-state index in [1.165, 1.54) is 50.1 Å². The molecule has 2 amide bonds. The lowest BCUT2D eigenvalue weighted by Gasteiger charge is -2.12. The minimum absolute atomic E-state index is 0.0513. The number of halogens is 1. The summed E-state index contributed by atoms with van der Waals surface area (Å²) in [4.78, 5) is 25.5. The van der Waals surface area contributed by atoms with E-state index in [4.69, 9.17) is 0 Å². The number of thioether (sulfide) groups is 1. The van der Waals surface area contributed by atoms with E-state index in [2.05, 4.69) is 36.8 Å². The highest BCUT2D eigenvalue weighted by atomic mass is 79.9. The van der Waals surface area contributed by atoms with Gasteiger partial charge in [-0.25, -0.2) is 12.7 Å². The van der Waals surface area contributed by atoms with E-state index in [0.717, 1.165) is 25.7 Å². The highest BCUT2D eigenvalue weighted by Gasteiger charge is 2.19. The minimum Gasteiger partial charge on any atom is -0.345 e. The standard InChI is InChI=1S/C27H27BrN6O4S2/c1-18-5-4-6-21(15-18)30-25(35)17-39-27-32-31-24(34(27)22-11-9-20(28)10-12-22)16-29-26(36)19-7-13-23(14-8-19)40(37,38)33(2)3/h4-15H,16-17H2,1-3H3,(H,29,36)(H,30,35). The van der Waals surface area contributed by atoms with E-state index in [1.807, 2.05) is 55.5 Å². The average molecular weight is 644 g/mol. The number of hydrogen-bond acceptors (Lipinski definition) is 7. The first-order chi connectivity index (χ1) is 19.0. The Hall–Kier alpha value is -3.52. The summed E-state index contributed by atoms with van der Waals surface area (Å²) in [5.41, 5.74) is 2.82. The average Bonchev–Trinajstić information content (AvgIpc) is 3.33. The number of carbonyl (C=O) groups is 2. The van der Waals surface area contributed by atoms with Gasteiger partial charge < -0.3 is 10.6 Å². The maximum atomic E-state index is 12.8. The second-order valence-electron chi connectivity index (χ2n) is 8.91. The van der Waals surface area contributed by atoms with Crippen molar-refractivity contribution < 1.29 is 18.0 Å². The fourth-order valence-corrected chi connectivity index (χ4v) is 5.60. The Balaban J connectivity index is 1.49. The van der Waals surface area contributed by atoms with Crippen LogP contribution in [-0.2, 0) is 21.4 Å². The Morgan fingerprint density at radius 2 is 1.70 bits per heavy atom. The van der Waals surface area contributed by atoms with E-state index in [-0.39, 0.29) is 23.1 Å². The Labute approximate surface area is 245 Å². The topological polar surface area (TPSA) is 126 Å². The van der Waals surface area contributed by atoms with Crippen molar-refractivity contribution in [3.63, 3.8) is 0 Å². The van der Waals surface area contributed by atoms with E-state index in [0.29, 0.717) is 16.5 Å². The van der Waals surface area contributed by atoms with Crippen LogP contribution in [0.4, 0.5) is 5.69 Å². The molecule has 0 spiro atoms. The molecule has 0 aliphatic carbocycles. The number of aryl methyl sites for hydroxylation is 1. The molecule has 208 valence electrons. The molecule has 1 heterocycles. The van der Waals surface area contributed by atoms with Gasteiger partial charge in [0.15, 0.2) is 11.0 Å². The number of nitrogens with one attached hydrogen (secondary N) is 2. The summed E-state index contributed by atoms with van der Waals surface area (Å²) in [7, 11) is -0.707. The van der Waals surface area contributed by atoms with Crippen molar-refractivity contribution in [2.75, 3.05) is 25.2 Å². The van der Waals surface area contributed by atoms with E-state index in [9.17, 15) is 18.0 Å². The fraction of sp³-hybridized carbons (Fsp3) is 0.185. The SMILES string of the molecule is Cc1cccc(NC(=O)CSc2nnc(CNC(=O)c3ccc(S(=O)(=O)N(C)C)cc3)n2-c2ccc(Br)cc2)c1. The molecule has 4 aromatic rings. The third kappa shape index (κ3) is 7.16. The van der Waals surface area contributed by atoms with E-state index in [1.54, 1.807) is 4.57 Å². The second kappa shape index (κ2) is 12.8. The first kappa shape index (κ1) is 29.5. The molecule has 0 unspecified atom stereocenters. The molecular weight excluding hydrogens is 616 g/mol. The zero-order chi connectivity index (χ0) is 28.9. The van der Waals surface area contributed by atoms with Crippen LogP contribution in [0.25, 0.3) is 5.69 Å². The van der Waals surface area contributed by atoms with Gasteiger partial charge in [-0.3, -0.25) is 14.2 Å². The van der Waals surface area contributed by atoms with Crippen LogP contribution in [0.3, 0.4) is 0 Å². The quantitative estimate of drug-likeness (QED) is 0.248. The second-order valence-corrected chi connectivity index (χ2v) is 12.9. The molecule has 0 saturated carbocycles. The third-order valence-electron chi connectivity index (χ3n) is 5.72. The summed E-state index contributed by atoms with van der Waals surface area (Å²) in [5, 5.41) is 14.7. The van der Waals surface area contributed by atoms with Crippen LogP contribution >= 0.6 is 27.7 Å². The van der Waals surface area contributed by atoms with Gasteiger partial charge in [0.2, 0.25) is 15.9 Å². The van der Waals surface area contributed by atoms with Gasteiger partial charge >= 0.3 is 0 Å². The summed E-state index contributed by atoms with van der Waals surface area (Å²) >= 11 is 4.66. The predicted octanol–water partition coefficient (Wildman–Crippen LogP) is 4.25. The molecule has 10 nitrogen and oxygen atoms in total. The van der Waals surface area contributed by atoms with Crippen molar-refractivity contribution in [2.24, 2.45) is 0 Å². The minimum atomic E-state index is -3.60. The van der Waals surface area contributed by atoms with Gasteiger partial charge in [0, 0.05) is 35.5 Å². The van der Waals surface area contributed by atoms with Crippen LogP contribution in [0.1, 0.15) is 21.7 Å². The van der Waals surface area contributed by atoms with Gasteiger partial charge in [0.05, 0.1) is 17.2 Å². The number of nitrogens with zero attached hydrogens (tertiary/aromatic N) is 4. The van der Waals surface area contributed by atoms with Crippen molar-refractivity contribution >= 4 is 55.2 Å². The first-order valence-electron chi connectivity index (χ1n) is 12.0. The summed E-state index contributed by atoms with van der Waals surface area (Å²) in [5.74, 6) is -0.0116. The van der Waals surface area contributed by atoms with Crippen LogP contribution in [0, 0.1) is 6.92 Å². The monoisotopic (exact) mass is 642 g/mol. The molecule has 0 aliphatic rings. The highest BCUT2D eigenvalue weighted by Crippen LogP contribution is 2.24. The number of amides is 2. The number of carbonyl (C=O) groups excluding carboxylic acids is 2. The molecule has 0 radical (unpaired) electrons. The molecule has 3 aromatic carbocycles. The van der Waals surface area contributed by atoms with E-state index < -0.39 is 15.9 Å². The Morgan fingerprint density at radius 1 is 1.00 bits per heavy atom. The molecule has 13 heteroatoms. The van der Waals surface area contributed by atoms with Crippen molar-refractivity contribution in [3.05, 3.63) is 94.2 Å². The zero-order valence-electron chi connectivity index (χ0n) is 22.0. The predicted molar refractivity (Wildman–Crippen MR) is 158 cm³/mol. The molecule has 1 aromatic heterocycles. The van der Waals surface area contributed by atoms with Gasteiger partial charge in [-0.1, -0.05) is 39.8 Å². The number of benzene rings is 3. The normalized spacial score (nSPS) is 11.4. The Kier molecular flexibility index (Phi) is 9.40. The number of aromatic nitrogens is 3. The maximum absolute atomic E-state index is 12.8. The molecule has 0 fully saturated rings. The number of hydrogen-bond donors (Lipinski definition) is 2. The van der Waals surface area contributed by atoms with Crippen molar-refractivity contribution in [1.82, 2.24) is 24.4 Å². The lowest BCUT2D eigenvalue weighted by Crippen LogP contribution is -2.25. The Bertz CT molecular complexity index is 1620.